The molecule has 3 aliphatic carbocycles. The Morgan fingerprint density at radius 2 is 1.84 bits per heavy atom. The van der Waals surface area contributed by atoms with Gasteiger partial charge in [-0.2, -0.15) is 0 Å². The Hall–Kier alpha value is -1.47. The number of Topliss-reactive ketones (excluding diaryl/α,β-unsaturated/α-hetero) is 1. The van der Waals surface area contributed by atoms with Gasteiger partial charge in [-0.25, -0.2) is 0 Å². The smallest absolute Gasteiger partial charge is 0.163 e. The van der Waals surface area contributed by atoms with Crippen LogP contribution in [0.15, 0.2) is 18.2 Å². The molecule has 6 nitrogen and oxygen atoms in total. The lowest BCUT2D eigenvalue weighted by molar-refractivity contribution is -0.0208. The number of hydrogen-bond acceptors (Lipinski definition) is 6. The van der Waals surface area contributed by atoms with Crippen molar-refractivity contribution in [3.63, 3.8) is 0 Å². The zero-order valence-electron chi connectivity index (χ0n) is 19.6. The van der Waals surface area contributed by atoms with Crippen LogP contribution in [0.25, 0.3) is 0 Å². The molecule has 0 heterocycles. The first-order valence-corrected chi connectivity index (χ1v) is 12.2. The molecule has 3 aliphatic rings. The molecule has 0 aromatic heterocycles. The molecule has 5 atom stereocenters. The molecule has 0 radical (unpaired) electrons. The summed E-state index contributed by atoms with van der Waals surface area (Å²) in [6.45, 7) is 6.89. The second kappa shape index (κ2) is 11.6. The van der Waals surface area contributed by atoms with Crippen molar-refractivity contribution in [2.24, 2.45) is 17.3 Å². The first kappa shape index (κ1) is 25.2. The van der Waals surface area contributed by atoms with Gasteiger partial charge in [-0.3, -0.25) is 4.79 Å². The first-order chi connectivity index (χ1) is 15.4. The number of unbranched alkanes of at least 4 members (excludes halogenated alkanes) is 1. The highest BCUT2D eigenvalue weighted by Gasteiger charge is 2.55. The van der Waals surface area contributed by atoms with E-state index in [2.05, 4.69) is 13.8 Å². The number of carbonyl (C=O) groups excluding carboxylic acids is 1. The topological polar surface area (TPSA) is 96.2 Å². The fourth-order valence-corrected chi connectivity index (χ4v) is 6.00. The van der Waals surface area contributed by atoms with E-state index in [0.717, 1.165) is 56.3 Å². The highest BCUT2D eigenvalue weighted by atomic mass is 16.5. The molecule has 6 heteroatoms. The number of ether oxygens (including phenoxy) is 2. The molecule has 32 heavy (non-hydrogen) atoms. The molecule has 1 aromatic carbocycles. The van der Waals surface area contributed by atoms with Crippen LogP contribution in [0, 0.1) is 17.3 Å². The predicted octanol–water partition coefficient (Wildman–Crippen LogP) is 4.06. The second-order valence-electron chi connectivity index (χ2n) is 9.72. The van der Waals surface area contributed by atoms with Crippen LogP contribution in [0.3, 0.4) is 0 Å². The van der Waals surface area contributed by atoms with E-state index < -0.39 is 0 Å². The lowest BCUT2D eigenvalue weighted by atomic mass is 9.55. The monoisotopic (exact) mass is 448 g/mol. The summed E-state index contributed by atoms with van der Waals surface area (Å²) in [5, 5.41) is 28.3. The van der Waals surface area contributed by atoms with Gasteiger partial charge in [-0.1, -0.05) is 26.3 Å². The van der Waals surface area contributed by atoms with Gasteiger partial charge in [0.05, 0.1) is 32.5 Å². The van der Waals surface area contributed by atoms with E-state index in [1.54, 1.807) is 12.1 Å². The number of hydrogen-bond donors (Lipinski definition) is 3. The summed E-state index contributed by atoms with van der Waals surface area (Å²) >= 11 is 0. The highest BCUT2D eigenvalue weighted by Crippen LogP contribution is 2.60. The minimum absolute atomic E-state index is 0.00410. The van der Waals surface area contributed by atoms with Gasteiger partial charge in [-0.15, -0.1) is 0 Å². The van der Waals surface area contributed by atoms with Crippen molar-refractivity contribution in [3.05, 3.63) is 29.3 Å². The number of aliphatic hydroxyl groups is 2. The van der Waals surface area contributed by atoms with Crippen LogP contribution < -0.4 is 0 Å². The number of ketones is 1. The van der Waals surface area contributed by atoms with Crippen LogP contribution in [0.5, 0.6) is 5.75 Å². The lowest BCUT2D eigenvalue weighted by Gasteiger charge is -2.49. The molecule has 5 unspecified atom stereocenters. The van der Waals surface area contributed by atoms with Crippen molar-refractivity contribution in [1.29, 1.82) is 0 Å². The Morgan fingerprint density at radius 3 is 2.56 bits per heavy atom. The van der Waals surface area contributed by atoms with Crippen molar-refractivity contribution in [1.82, 2.24) is 0 Å². The summed E-state index contributed by atoms with van der Waals surface area (Å²) in [7, 11) is 0. The first-order valence-electron chi connectivity index (χ1n) is 12.2. The molecule has 4 rings (SSSR count). The summed E-state index contributed by atoms with van der Waals surface area (Å²) in [6, 6.07) is 5.27. The summed E-state index contributed by atoms with van der Waals surface area (Å²) in [6.07, 6.45) is 6.64. The molecule has 2 saturated carbocycles. The van der Waals surface area contributed by atoms with E-state index in [-0.39, 0.29) is 29.7 Å². The maximum absolute atomic E-state index is 12.5. The zero-order chi connectivity index (χ0) is 23.1. The molecule has 3 N–H and O–H groups in total. The number of fused-ring (bicyclic) bond motifs is 5. The summed E-state index contributed by atoms with van der Waals surface area (Å²) in [5.41, 5.74) is 1.84. The van der Waals surface area contributed by atoms with Crippen molar-refractivity contribution in [2.75, 3.05) is 33.0 Å². The number of rotatable bonds is 8. The molecular weight excluding hydrogens is 408 g/mol. The molecule has 2 fully saturated rings. The van der Waals surface area contributed by atoms with Crippen molar-refractivity contribution in [2.45, 2.75) is 70.8 Å². The van der Waals surface area contributed by atoms with Crippen LogP contribution in [-0.2, 0) is 9.47 Å². The van der Waals surface area contributed by atoms with Crippen LogP contribution in [0.4, 0.5) is 0 Å². The van der Waals surface area contributed by atoms with E-state index in [9.17, 15) is 15.0 Å². The van der Waals surface area contributed by atoms with Gasteiger partial charge in [0.2, 0.25) is 0 Å². The van der Waals surface area contributed by atoms with E-state index >= 15 is 0 Å². The fraction of sp³-hybridized carbons (Fsp3) is 0.731. The van der Waals surface area contributed by atoms with Crippen molar-refractivity contribution in [3.8, 4) is 5.75 Å². The molecule has 180 valence electrons. The third-order valence-electron chi connectivity index (χ3n) is 7.79. The number of benzene rings is 1. The number of phenols is 1. The Balaban J connectivity index is 0.000000226. The number of phenolic OH excluding ortho intramolecular Hbond substituents is 1. The Kier molecular flexibility index (Phi) is 9.12. The standard InChI is InChI=1S/C18H22O3.C8H18O3/c1-18-7-6-12-11-3-2-10(19)8-14(11)16(20)9-13(12)15(18)4-5-17(18)21;1-2-3-5-10-7-8-11-6-4-9/h2-3,8,12-13,15,17,19,21H,4-7,9H2,1H3;9H,2-8H2,1H3. The van der Waals surface area contributed by atoms with Crippen LogP contribution in [0.2, 0.25) is 0 Å². The van der Waals surface area contributed by atoms with Crippen molar-refractivity contribution < 1.29 is 29.6 Å². The van der Waals surface area contributed by atoms with E-state index in [4.69, 9.17) is 14.6 Å². The minimum atomic E-state index is -0.209. The third kappa shape index (κ3) is 5.53. The molecule has 0 bridgehead atoms. The fourth-order valence-electron chi connectivity index (χ4n) is 6.00. The largest absolute Gasteiger partial charge is 0.508 e. The van der Waals surface area contributed by atoms with Gasteiger partial charge in [0, 0.05) is 18.6 Å². The maximum Gasteiger partial charge on any atom is 0.163 e. The van der Waals surface area contributed by atoms with Crippen molar-refractivity contribution >= 4 is 5.78 Å². The van der Waals surface area contributed by atoms with Gasteiger partial charge in [0.1, 0.15) is 5.75 Å². The van der Waals surface area contributed by atoms with E-state index in [1.165, 1.54) is 0 Å². The number of aromatic hydroxyl groups is 1. The molecule has 0 spiro atoms. The SMILES string of the molecule is CC12CCC3c4ccc(O)cc4C(=O)CC3C1CCC2O.CCCCOCCOCCO. The van der Waals surface area contributed by atoms with Gasteiger partial charge < -0.3 is 24.8 Å². The van der Waals surface area contributed by atoms with E-state index in [0.29, 0.717) is 44.0 Å². The normalized spacial score (nSPS) is 30.7. The molecular formula is C26H40O6. The third-order valence-corrected chi connectivity index (χ3v) is 7.79. The molecule has 1 aromatic rings. The molecule has 0 aliphatic heterocycles. The van der Waals surface area contributed by atoms with Crippen LogP contribution in [0.1, 0.15) is 80.6 Å². The minimum Gasteiger partial charge on any atom is -0.508 e. The van der Waals surface area contributed by atoms with Gasteiger partial charge in [0.15, 0.2) is 5.78 Å². The summed E-state index contributed by atoms with van der Waals surface area (Å²) in [4.78, 5) is 12.5. The Bertz CT molecular complexity index is 742. The summed E-state index contributed by atoms with van der Waals surface area (Å²) < 4.78 is 10.2. The summed E-state index contributed by atoms with van der Waals surface area (Å²) in [5.74, 6) is 1.58. The highest BCUT2D eigenvalue weighted by molar-refractivity contribution is 5.99. The van der Waals surface area contributed by atoms with Gasteiger partial charge in [-0.05, 0) is 73.0 Å². The number of aliphatic hydroxyl groups excluding tert-OH is 2. The van der Waals surface area contributed by atoms with Gasteiger partial charge in [0.25, 0.3) is 0 Å². The number of carbonyl (C=O) groups is 1. The van der Waals surface area contributed by atoms with Crippen LogP contribution in [-0.4, -0.2) is 60.2 Å². The Labute approximate surface area is 191 Å². The Morgan fingerprint density at radius 1 is 1.09 bits per heavy atom. The predicted molar refractivity (Wildman–Crippen MR) is 123 cm³/mol. The second-order valence-corrected chi connectivity index (χ2v) is 9.72. The molecule has 0 amide bonds. The maximum atomic E-state index is 12.5. The van der Waals surface area contributed by atoms with Crippen LogP contribution >= 0.6 is 0 Å². The zero-order valence-corrected chi connectivity index (χ0v) is 19.6. The van der Waals surface area contributed by atoms with Gasteiger partial charge >= 0.3 is 0 Å². The average molecular weight is 449 g/mol. The lowest BCUT2D eigenvalue weighted by Crippen LogP contribution is -2.44. The van der Waals surface area contributed by atoms with E-state index in [1.807, 2.05) is 6.07 Å². The average Bonchev–Trinajstić information content (AvgIpc) is 3.09. The quantitative estimate of drug-likeness (QED) is 0.519. The molecule has 0 saturated heterocycles.